The SMILES string of the molecule is Cc1cnc([C@H](C)CNC(=O)Cc2nc(-c3ccco3)oc2C)s1. The molecule has 0 saturated heterocycles. The molecule has 1 atom stereocenters. The van der Waals surface area contributed by atoms with E-state index in [1.165, 1.54) is 4.88 Å². The molecule has 0 saturated carbocycles. The summed E-state index contributed by atoms with van der Waals surface area (Å²) in [5.74, 6) is 1.67. The quantitative estimate of drug-likeness (QED) is 0.740. The predicted molar refractivity (Wildman–Crippen MR) is 90.9 cm³/mol. The van der Waals surface area contributed by atoms with Crippen LogP contribution in [0.4, 0.5) is 0 Å². The summed E-state index contributed by atoms with van der Waals surface area (Å²) in [6.07, 6.45) is 3.59. The van der Waals surface area contributed by atoms with Crippen molar-refractivity contribution in [1.82, 2.24) is 15.3 Å². The number of rotatable bonds is 6. The lowest BCUT2D eigenvalue weighted by molar-refractivity contribution is -0.120. The van der Waals surface area contributed by atoms with Gasteiger partial charge in [0, 0.05) is 23.5 Å². The van der Waals surface area contributed by atoms with Crippen LogP contribution in [-0.4, -0.2) is 22.4 Å². The smallest absolute Gasteiger partial charge is 0.263 e. The monoisotopic (exact) mass is 345 g/mol. The van der Waals surface area contributed by atoms with Crippen molar-refractivity contribution < 1.29 is 13.6 Å². The first-order chi connectivity index (χ1) is 11.5. The molecule has 0 unspecified atom stereocenters. The third kappa shape index (κ3) is 3.73. The maximum atomic E-state index is 12.2. The molecular formula is C17H19N3O3S. The van der Waals surface area contributed by atoms with Gasteiger partial charge in [-0.1, -0.05) is 6.92 Å². The molecule has 3 rings (SSSR count). The minimum absolute atomic E-state index is 0.0856. The summed E-state index contributed by atoms with van der Waals surface area (Å²) < 4.78 is 10.8. The minimum atomic E-state index is -0.0856. The van der Waals surface area contributed by atoms with Crippen molar-refractivity contribution in [3.63, 3.8) is 0 Å². The van der Waals surface area contributed by atoms with Crippen LogP contribution in [0.15, 0.2) is 33.4 Å². The Morgan fingerprint density at radius 2 is 2.25 bits per heavy atom. The van der Waals surface area contributed by atoms with Gasteiger partial charge < -0.3 is 14.2 Å². The number of nitrogens with zero attached hydrogens (tertiary/aromatic N) is 2. The molecule has 3 heterocycles. The van der Waals surface area contributed by atoms with Crippen LogP contribution in [-0.2, 0) is 11.2 Å². The Labute approximate surface area is 143 Å². The van der Waals surface area contributed by atoms with E-state index in [1.807, 2.05) is 13.1 Å². The lowest BCUT2D eigenvalue weighted by atomic mass is 10.2. The second kappa shape index (κ2) is 7.00. The maximum Gasteiger partial charge on any atom is 0.263 e. The maximum absolute atomic E-state index is 12.2. The molecular weight excluding hydrogens is 326 g/mol. The molecule has 3 aromatic heterocycles. The van der Waals surface area contributed by atoms with Gasteiger partial charge in [0.25, 0.3) is 5.89 Å². The van der Waals surface area contributed by atoms with Gasteiger partial charge >= 0.3 is 0 Å². The van der Waals surface area contributed by atoms with Crippen LogP contribution in [0.3, 0.4) is 0 Å². The number of amides is 1. The molecule has 7 heteroatoms. The van der Waals surface area contributed by atoms with Crippen molar-refractivity contribution >= 4 is 17.2 Å². The highest BCUT2D eigenvalue weighted by Crippen LogP contribution is 2.23. The molecule has 0 aliphatic rings. The Morgan fingerprint density at radius 1 is 1.42 bits per heavy atom. The van der Waals surface area contributed by atoms with E-state index < -0.39 is 0 Å². The van der Waals surface area contributed by atoms with E-state index in [0.717, 1.165) is 5.01 Å². The number of aryl methyl sites for hydroxylation is 2. The average molecular weight is 345 g/mol. The fourth-order valence-electron chi connectivity index (χ4n) is 2.27. The van der Waals surface area contributed by atoms with Gasteiger partial charge in [-0.3, -0.25) is 4.79 Å². The number of furan rings is 1. The second-order valence-electron chi connectivity index (χ2n) is 5.69. The van der Waals surface area contributed by atoms with Crippen molar-refractivity contribution in [3.8, 4) is 11.7 Å². The summed E-state index contributed by atoms with van der Waals surface area (Å²) in [5, 5.41) is 3.97. The van der Waals surface area contributed by atoms with Gasteiger partial charge in [0.15, 0.2) is 5.76 Å². The Hall–Kier alpha value is -2.41. The second-order valence-corrected chi connectivity index (χ2v) is 6.96. The highest BCUT2D eigenvalue weighted by Gasteiger charge is 2.17. The normalized spacial score (nSPS) is 12.3. The number of carbonyl (C=O) groups is 1. The van der Waals surface area contributed by atoms with E-state index in [-0.39, 0.29) is 18.2 Å². The summed E-state index contributed by atoms with van der Waals surface area (Å²) in [7, 11) is 0. The standard InChI is InChI=1S/C17H19N3O3S/c1-10(17-19-9-11(2)24-17)8-18-15(21)7-13-12(3)23-16(20-13)14-5-4-6-22-14/h4-6,9-10H,7-8H2,1-3H3,(H,18,21)/t10-/m1/s1. The van der Waals surface area contributed by atoms with Crippen LogP contribution < -0.4 is 5.32 Å². The number of aromatic nitrogens is 2. The van der Waals surface area contributed by atoms with Gasteiger partial charge in [-0.05, 0) is 26.0 Å². The van der Waals surface area contributed by atoms with Gasteiger partial charge in [0.2, 0.25) is 5.91 Å². The van der Waals surface area contributed by atoms with E-state index in [0.29, 0.717) is 29.6 Å². The molecule has 126 valence electrons. The van der Waals surface area contributed by atoms with Crippen molar-refractivity contribution in [2.45, 2.75) is 33.1 Å². The van der Waals surface area contributed by atoms with E-state index in [2.05, 4.69) is 22.2 Å². The topological polar surface area (TPSA) is 81.2 Å². The Kier molecular flexibility index (Phi) is 4.80. The Balaban J connectivity index is 1.57. The predicted octanol–water partition coefficient (Wildman–Crippen LogP) is 3.47. The number of nitrogens with one attached hydrogen (secondary N) is 1. The van der Waals surface area contributed by atoms with Gasteiger partial charge in [-0.25, -0.2) is 9.97 Å². The number of thiazole rings is 1. The first-order valence-electron chi connectivity index (χ1n) is 7.72. The molecule has 24 heavy (non-hydrogen) atoms. The largest absolute Gasteiger partial charge is 0.459 e. The summed E-state index contributed by atoms with van der Waals surface area (Å²) in [6, 6.07) is 3.54. The molecule has 1 amide bonds. The van der Waals surface area contributed by atoms with E-state index >= 15 is 0 Å². The number of oxazole rings is 1. The lowest BCUT2D eigenvalue weighted by Crippen LogP contribution is -2.29. The molecule has 0 aromatic carbocycles. The van der Waals surface area contributed by atoms with E-state index in [4.69, 9.17) is 8.83 Å². The molecule has 3 aromatic rings. The first-order valence-corrected chi connectivity index (χ1v) is 8.53. The van der Waals surface area contributed by atoms with Gasteiger partial charge in [0.1, 0.15) is 5.76 Å². The Bertz CT molecular complexity index is 820. The fourth-order valence-corrected chi connectivity index (χ4v) is 3.09. The molecule has 0 aliphatic carbocycles. The number of carbonyl (C=O) groups excluding carboxylic acids is 1. The number of hydrogen-bond donors (Lipinski definition) is 1. The summed E-state index contributed by atoms with van der Waals surface area (Å²) in [4.78, 5) is 22.0. The van der Waals surface area contributed by atoms with Crippen molar-refractivity contribution in [2.24, 2.45) is 0 Å². The van der Waals surface area contributed by atoms with Crippen LogP contribution in [0, 0.1) is 13.8 Å². The minimum Gasteiger partial charge on any atom is -0.459 e. The zero-order valence-corrected chi connectivity index (χ0v) is 14.6. The summed E-state index contributed by atoms with van der Waals surface area (Å²) in [5.41, 5.74) is 0.622. The summed E-state index contributed by atoms with van der Waals surface area (Å²) in [6.45, 7) is 6.42. The van der Waals surface area contributed by atoms with Crippen molar-refractivity contribution in [1.29, 1.82) is 0 Å². The van der Waals surface area contributed by atoms with E-state index in [1.54, 1.807) is 36.7 Å². The lowest BCUT2D eigenvalue weighted by Gasteiger charge is -2.09. The first kappa shape index (κ1) is 16.4. The van der Waals surface area contributed by atoms with Gasteiger partial charge in [-0.15, -0.1) is 11.3 Å². The molecule has 6 nitrogen and oxygen atoms in total. The van der Waals surface area contributed by atoms with Gasteiger partial charge in [0.05, 0.1) is 23.4 Å². The van der Waals surface area contributed by atoms with Crippen LogP contribution in [0.1, 0.15) is 34.2 Å². The van der Waals surface area contributed by atoms with Crippen molar-refractivity contribution in [3.05, 3.63) is 45.9 Å². The van der Waals surface area contributed by atoms with E-state index in [9.17, 15) is 4.79 Å². The molecule has 0 spiro atoms. The molecule has 0 aliphatic heterocycles. The molecule has 1 N–H and O–H groups in total. The molecule has 0 fully saturated rings. The van der Waals surface area contributed by atoms with Crippen LogP contribution in [0.25, 0.3) is 11.7 Å². The van der Waals surface area contributed by atoms with Crippen molar-refractivity contribution in [2.75, 3.05) is 6.54 Å². The fraction of sp³-hybridized carbons (Fsp3) is 0.353. The van der Waals surface area contributed by atoms with Gasteiger partial charge in [-0.2, -0.15) is 0 Å². The summed E-state index contributed by atoms with van der Waals surface area (Å²) >= 11 is 1.66. The van der Waals surface area contributed by atoms with Crippen LogP contribution in [0.5, 0.6) is 0 Å². The highest BCUT2D eigenvalue weighted by atomic mass is 32.1. The third-order valence-corrected chi connectivity index (χ3v) is 4.76. The Morgan fingerprint density at radius 3 is 2.92 bits per heavy atom. The molecule has 0 radical (unpaired) electrons. The zero-order valence-electron chi connectivity index (χ0n) is 13.8. The molecule has 0 bridgehead atoms. The third-order valence-electron chi connectivity index (χ3n) is 3.62. The number of hydrogen-bond acceptors (Lipinski definition) is 6. The average Bonchev–Trinajstić information content (AvgIpc) is 3.27. The highest BCUT2D eigenvalue weighted by molar-refractivity contribution is 7.11. The zero-order chi connectivity index (χ0) is 17.1. The van der Waals surface area contributed by atoms with Crippen LogP contribution >= 0.6 is 11.3 Å². The van der Waals surface area contributed by atoms with Crippen LogP contribution in [0.2, 0.25) is 0 Å².